The summed E-state index contributed by atoms with van der Waals surface area (Å²) in [7, 11) is 0. The molecular formula is C21H21N3O5. The molecule has 0 aliphatic carbocycles. The fourth-order valence-electron chi connectivity index (χ4n) is 3.44. The third-order valence-electron chi connectivity index (χ3n) is 4.72. The minimum absolute atomic E-state index is 0.121. The quantitative estimate of drug-likeness (QED) is 0.450. The van der Waals surface area contributed by atoms with Crippen LogP contribution in [0, 0.1) is 10.1 Å². The molecule has 0 N–H and O–H groups in total. The van der Waals surface area contributed by atoms with Crippen molar-refractivity contribution in [1.82, 2.24) is 4.90 Å². The lowest BCUT2D eigenvalue weighted by atomic mass is 9.99. The molecule has 1 aliphatic heterocycles. The first-order valence-electron chi connectivity index (χ1n) is 9.11. The van der Waals surface area contributed by atoms with Crippen molar-refractivity contribution >= 4 is 29.1 Å². The van der Waals surface area contributed by atoms with Gasteiger partial charge in [0, 0.05) is 23.2 Å². The van der Waals surface area contributed by atoms with Crippen molar-refractivity contribution in [3.63, 3.8) is 0 Å². The number of hydrogen-bond acceptors (Lipinski definition) is 5. The summed E-state index contributed by atoms with van der Waals surface area (Å²) in [6.07, 6.45) is -0.121. The SMILES string of the molecule is CC(C)(C)N(C(=O)c1ccc([N+](=O)[O-])cc1)C1CC(=O)N(c2ccccc2)C1=O. The predicted octanol–water partition coefficient (Wildman–Crippen LogP) is 3.17. The van der Waals surface area contributed by atoms with Gasteiger partial charge in [0.2, 0.25) is 5.91 Å². The number of nitrogens with zero attached hydrogens (tertiary/aromatic N) is 3. The summed E-state index contributed by atoms with van der Waals surface area (Å²) in [5.41, 5.74) is -0.219. The summed E-state index contributed by atoms with van der Waals surface area (Å²) in [5, 5.41) is 10.9. The molecule has 150 valence electrons. The van der Waals surface area contributed by atoms with Gasteiger partial charge in [0.15, 0.2) is 0 Å². The van der Waals surface area contributed by atoms with Crippen LogP contribution in [-0.4, -0.2) is 39.1 Å². The first kappa shape index (κ1) is 20.2. The summed E-state index contributed by atoms with van der Waals surface area (Å²) in [4.78, 5) is 51.7. The third-order valence-corrected chi connectivity index (χ3v) is 4.72. The molecule has 1 heterocycles. The van der Waals surface area contributed by atoms with E-state index in [0.29, 0.717) is 5.69 Å². The van der Waals surface area contributed by atoms with E-state index in [0.717, 1.165) is 4.90 Å². The summed E-state index contributed by atoms with van der Waals surface area (Å²) in [6.45, 7) is 5.33. The molecule has 1 unspecified atom stereocenters. The predicted molar refractivity (Wildman–Crippen MR) is 106 cm³/mol. The zero-order valence-electron chi connectivity index (χ0n) is 16.4. The Kier molecular flexibility index (Phi) is 5.19. The number of anilines is 1. The summed E-state index contributed by atoms with van der Waals surface area (Å²) < 4.78 is 0. The van der Waals surface area contributed by atoms with Crippen molar-refractivity contribution in [2.45, 2.75) is 38.8 Å². The standard InChI is InChI=1S/C21H21N3O5/c1-21(2,3)23(19(26)14-9-11-16(12-10-14)24(28)29)17-13-18(25)22(20(17)27)15-7-5-4-6-8-15/h4-12,17H,13H2,1-3H3. The van der Waals surface area contributed by atoms with Crippen LogP contribution in [-0.2, 0) is 9.59 Å². The van der Waals surface area contributed by atoms with E-state index in [1.165, 1.54) is 29.2 Å². The van der Waals surface area contributed by atoms with Crippen molar-refractivity contribution in [3.8, 4) is 0 Å². The fraction of sp³-hybridized carbons (Fsp3) is 0.286. The largest absolute Gasteiger partial charge is 0.321 e. The zero-order valence-corrected chi connectivity index (χ0v) is 16.4. The molecular weight excluding hydrogens is 374 g/mol. The highest BCUT2D eigenvalue weighted by molar-refractivity contribution is 6.23. The molecule has 2 aromatic rings. The molecule has 29 heavy (non-hydrogen) atoms. The number of carbonyl (C=O) groups is 3. The summed E-state index contributed by atoms with van der Waals surface area (Å²) >= 11 is 0. The molecule has 0 aromatic heterocycles. The van der Waals surface area contributed by atoms with Crippen molar-refractivity contribution in [2.24, 2.45) is 0 Å². The maximum Gasteiger partial charge on any atom is 0.269 e. The number of amides is 3. The molecule has 1 atom stereocenters. The molecule has 0 spiro atoms. The first-order chi connectivity index (χ1) is 13.6. The lowest BCUT2D eigenvalue weighted by Crippen LogP contribution is -2.54. The normalized spacial score (nSPS) is 16.8. The second-order valence-electron chi connectivity index (χ2n) is 7.77. The van der Waals surface area contributed by atoms with Crippen LogP contribution in [0.2, 0.25) is 0 Å². The molecule has 3 rings (SSSR count). The number of imide groups is 1. The lowest BCUT2D eigenvalue weighted by molar-refractivity contribution is -0.384. The van der Waals surface area contributed by atoms with E-state index in [9.17, 15) is 24.5 Å². The van der Waals surface area contributed by atoms with Gasteiger partial charge in [-0.3, -0.25) is 24.5 Å². The highest BCUT2D eigenvalue weighted by Crippen LogP contribution is 2.31. The average molecular weight is 395 g/mol. The van der Waals surface area contributed by atoms with Crippen molar-refractivity contribution < 1.29 is 19.3 Å². The van der Waals surface area contributed by atoms with Gasteiger partial charge in [-0.15, -0.1) is 0 Å². The topological polar surface area (TPSA) is 101 Å². The lowest BCUT2D eigenvalue weighted by Gasteiger charge is -2.39. The highest BCUT2D eigenvalue weighted by Gasteiger charge is 2.47. The Hall–Kier alpha value is -3.55. The Morgan fingerprint density at radius 2 is 1.66 bits per heavy atom. The number of non-ortho nitro benzene ring substituents is 1. The molecule has 1 fully saturated rings. The van der Waals surface area contributed by atoms with E-state index in [-0.39, 0.29) is 23.6 Å². The molecule has 8 nitrogen and oxygen atoms in total. The van der Waals surface area contributed by atoms with E-state index < -0.39 is 28.3 Å². The van der Waals surface area contributed by atoms with E-state index in [1.807, 2.05) is 0 Å². The Morgan fingerprint density at radius 3 is 2.17 bits per heavy atom. The van der Waals surface area contributed by atoms with Crippen LogP contribution in [0.5, 0.6) is 0 Å². The Labute approximate surface area is 167 Å². The molecule has 1 aliphatic rings. The average Bonchev–Trinajstić information content (AvgIpc) is 2.95. The molecule has 3 amide bonds. The van der Waals surface area contributed by atoms with Crippen molar-refractivity contribution in [3.05, 3.63) is 70.3 Å². The maximum absolute atomic E-state index is 13.2. The number of nitro groups is 1. The summed E-state index contributed by atoms with van der Waals surface area (Å²) in [5.74, 6) is -1.31. The van der Waals surface area contributed by atoms with Crippen molar-refractivity contribution in [1.29, 1.82) is 0 Å². The van der Waals surface area contributed by atoms with E-state index >= 15 is 0 Å². The minimum Gasteiger partial charge on any atom is -0.321 e. The molecule has 1 saturated heterocycles. The minimum atomic E-state index is -0.953. The van der Waals surface area contributed by atoms with Gasteiger partial charge in [-0.25, -0.2) is 4.90 Å². The smallest absolute Gasteiger partial charge is 0.269 e. The van der Waals surface area contributed by atoms with Gasteiger partial charge in [-0.1, -0.05) is 18.2 Å². The fourth-order valence-corrected chi connectivity index (χ4v) is 3.44. The van der Waals surface area contributed by atoms with Crippen molar-refractivity contribution in [2.75, 3.05) is 4.90 Å². The number of nitro benzene ring substituents is 1. The van der Waals surface area contributed by atoms with Crippen LogP contribution in [0.1, 0.15) is 37.6 Å². The molecule has 0 bridgehead atoms. The summed E-state index contributed by atoms with van der Waals surface area (Å²) in [6, 6.07) is 12.8. The Bertz CT molecular complexity index is 964. The zero-order chi connectivity index (χ0) is 21.3. The Morgan fingerprint density at radius 1 is 1.07 bits per heavy atom. The maximum atomic E-state index is 13.2. The third kappa shape index (κ3) is 3.87. The number of benzene rings is 2. The van der Waals surface area contributed by atoms with E-state index in [1.54, 1.807) is 51.1 Å². The van der Waals surface area contributed by atoms with Gasteiger partial charge >= 0.3 is 0 Å². The van der Waals surface area contributed by atoms with Gasteiger partial charge in [-0.05, 0) is 45.0 Å². The molecule has 0 saturated carbocycles. The van der Waals surface area contributed by atoms with Crippen LogP contribution in [0.3, 0.4) is 0 Å². The van der Waals surface area contributed by atoms with Gasteiger partial charge in [0.05, 0.1) is 17.0 Å². The van der Waals surface area contributed by atoms with Gasteiger partial charge in [0.25, 0.3) is 17.5 Å². The van der Waals surface area contributed by atoms with Gasteiger partial charge < -0.3 is 4.90 Å². The van der Waals surface area contributed by atoms with Crippen LogP contribution in [0.4, 0.5) is 11.4 Å². The van der Waals surface area contributed by atoms with Gasteiger partial charge in [0.1, 0.15) is 6.04 Å². The number of para-hydroxylation sites is 1. The van der Waals surface area contributed by atoms with E-state index in [4.69, 9.17) is 0 Å². The van der Waals surface area contributed by atoms with Crippen LogP contribution < -0.4 is 4.90 Å². The van der Waals surface area contributed by atoms with Crippen LogP contribution in [0.15, 0.2) is 54.6 Å². The van der Waals surface area contributed by atoms with Gasteiger partial charge in [-0.2, -0.15) is 0 Å². The number of rotatable bonds is 4. The van der Waals surface area contributed by atoms with Crippen LogP contribution in [0.25, 0.3) is 0 Å². The van der Waals surface area contributed by atoms with E-state index in [2.05, 4.69) is 0 Å². The van der Waals surface area contributed by atoms with Crippen LogP contribution >= 0.6 is 0 Å². The molecule has 0 radical (unpaired) electrons. The number of hydrogen-bond donors (Lipinski definition) is 0. The first-order valence-corrected chi connectivity index (χ1v) is 9.11. The number of carbonyl (C=O) groups excluding carboxylic acids is 3. The second-order valence-corrected chi connectivity index (χ2v) is 7.77. The monoisotopic (exact) mass is 395 g/mol. The molecule has 8 heteroatoms. The second kappa shape index (κ2) is 7.46. The Balaban J connectivity index is 1.95. The molecule has 2 aromatic carbocycles. The highest BCUT2D eigenvalue weighted by atomic mass is 16.6.